The minimum Gasteiger partial charge on any atom is -0.440 e. The Labute approximate surface area is 87.6 Å². The van der Waals surface area contributed by atoms with Crippen molar-refractivity contribution in [3.05, 3.63) is 29.7 Å². The fourth-order valence-electron chi connectivity index (χ4n) is 1.43. The summed E-state index contributed by atoms with van der Waals surface area (Å²) in [5.74, 6) is 0.919. The van der Waals surface area contributed by atoms with Gasteiger partial charge in [-0.2, -0.15) is 0 Å². The molecule has 78 valence electrons. The van der Waals surface area contributed by atoms with Crippen LogP contribution in [0.2, 0.25) is 0 Å². The number of benzene rings is 1. The number of nitrogens with one attached hydrogen (secondary N) is 1. The van der Waals surface area contributed by atoms with Crippen LogP contribution in [0.15, 0.2) is 22.6 Å². The van der Waals surface area contributed by atoms with Gasteiger partial charge in [0.05, 0.1) is 5.56 Å². The number of nitrogens with zero attached hydrogens (tertiary/aromatic N) is 1. The van der Waals surface area contributed by atoms with E-state index in [0.717, 1.165) is 5.52 Å². The van der Waals surface area contributed by atoms with Crippen molar-refractivity contribution in [1.29, 1.82) is 5.41 Å². The summed E-state index contributed by atoms with van der Waals surface area (Å²) in [6.07, 6.45) is 0. The van der Waals surface area contributed by atoms with E-state index in [-0.39, 0.29) is 11.8 Å². The summed E-state index contributed by atoms with van der Waals surface area (Å²) in [5.41, 5.74) is 7.43. The van der Waals surface area contributed by atoms with Crippen molar-refractivity contribution in [1.82, 2.24) is 4.98 Å². The molecule has 4 heteroatoms. The molecule has 0 radical (unpaired) electrons. The van der Waals surface area contributed by atoms with Crippen LogP contribution in [0.25, 0.3) is 11.1 Å². The van der Waals surface area contributed by atoms with Gasteiger partial charge in [0, 0.05) is 5.92 Å². The lowest BCUT2D eigenvalue weighted by Crippen LogP contribution is -2.10. The normalized spacial score (nSPS) is 11.1. The van der Waals surface area contributed by atoms with Crippen LogP contribution in [-0.2, 0) is 0 Å². The molecule has 4 nitrogen and oxygen atoms in total. The van der Waals surface area contributed by atoms with Crippen LogP contribution < -0.4 is 5.73 Å². The molecule has 0 bridgehead atoms. The highest BCUT2D eigenvalue weighted by Gasteiger charge is 2.13. The number of fused-ring (bicyclic) bond motifs is 1. The van der Waals surface area contributed by atoms with E-state index in [1.54, 1.807) is 6.07 Å². The molecule has 2 rings (SSSR count). The van der Waals surface area contributed by atoms with E-state index < -0.39 is 0 Å². The van der Waals surface area contributed by atoms with Gasteiger partial charge in [-0.1, -0.05) is 19.9 Å². The highest BCUT2D eigenvalue weighted by molar-refractivity contribution is 6.04. The largest absolute Gasteiger partial charge is 0.440 e. The lowest BCUT2D eigenvalue weighted by molar-refractivity contribution is 0.501. The summed E-state index contributed by atoms with van der Waals surface area (Å²) in [6.45, 7) is 4.02. The van der Waals surface area contributed by atoms with Crippen LogP contribution in [0.5, 0.6) is 0 Å². The molecule has 0 aliphatic carbocycles. The van der Waals surface area contributed by atoms with Crippen molar-refractivity contribution < 1.29 is 4.42 Å². The maximum Gasteiger partial charge on any atom is 0.198 e. The predicted octanol–water partition coefficient (Wildman–Crippen LogP) is 2.24. The molecule has 0 spiro atoms. The van der Waals surface area contributed by atoms with E-state index in [4.69, 9.17) is 15.6 Å². The average Bonchev–Trinajstić information content (AvgIpc) is 2.60. The SMILES string of the molecule is CC(C)c1nc2cccc(C(=N)N)c2o1. The number of nitrogens with two attached hydrogens (primary N) is 1. The Kier molecular flexibility index (Phi) is 2.19. The zero-order chi connectivity index (χ0) is 11.0. The molecule has 0 aliphatic rings. The van der Waals surface area contributed by atoms with E-state index >= 15 is 0 Å². The summed E-state index contributed by atoms with van der Waals surface area (Å²) in [6, 6.07) is 5.45. The Balaban J connectivity index is 2.70. The van der Waals surface area contributed by atoms with E-state index in [9.17, 15) is 0 Å². The third-order valence-electron chi connectivity index (χ3n) is 2.22. The Morgan fingerprint density at radius 3 is 2.80 bits per heavy atom. The summed E-state index contributed by atoms with van der Waals surface area (Å²) < 4.78 is 5.59. The van der Waals surface area contributed by atoms with Crippen LogP contribution in [0.1, 0.15) is 31.2 Å². The van der Waals surface area contributed by atoms with Crippen LogP contribution in [-0.4, -0.2) is 10.8 Å². The topological polar surface area (TPSA) is 75.9 Å². The molecule has 0 atom stereocenters. The van der Waals surface area contributed by atoms with Gasteiger partial charge >= 0.3 is 0 Å². The first-order chi connectivity index (χ1) is 7.09. The van der Waals surface area contributed by atoms with Gasteiger partial charge in [-0.05, 0) is 12.1 Å². The fraction of sp³-hybridized carbons (Fsp3) is 0.273. The lowest BCUT2D eigenvalue weighted by Gasteiger charge is -1.97. The molecule has 1 heterocycles. The van der Waals surface area contributed by atoms with Crippen molar-refractivity contribution in [3.8, 4) is 0 Å². The van der Waals surface area contributed by atoms with Gasteiger partial charge in [-0.3, -0.25) is 5.41 Å². The van der Waals surface area contributed by atoms with E-state index in [1.165, 1.54) is 0 Å². The molecule has 3 N–H and O–H groups in total. The van der Waals surface area contributed by atoms with Gasteiger partial charge in [0.2, 0.25) is 0 Å². The smallest absolute Gasteiger partial charge is 0.198 e. The van der Waals surface area contributed by atoms with Crippen LogP contribution in [0, 0.1) is 5.41 Å². The Bertz CT molecular complexity index is 514. The van der Waals surface area contributed by atoms with Crippen LogP contribution >= 0.6 is 0 Å². The number of hydrogen-bond donors (Lipinski definition) is 2. The number of aromatic nitrogens is 1. The van der Waals surface area contributed by atoms with Crippen LogP contribution in [0.3, 0.4) is 0 Å². The summed E-state index contributed by atoms with van der Waals surface area (Å²) >= 11 is 0. The standard InChI is InChI=1S/C11H13N3O/c1-6(2)11-14-8-5-3-4-7(10(12)13)9(8)15-11/h3-6H,1-2H3,(H3,12,13). The molecular formula is C11H13N3O. The molecule has 0 unspecified atom stereocenters. The maximum absolute atomic E-state index is 7.42. The third-order valence-corrected chi connectivity index (χ3v) is 2.22. The molecule has 2 aromatic rings. The van der Waals surface area contributed by atoms with E-state index in [0.29, 0.717) is 17.0 Å². The molecule has 1 aromatic heterocycles. The van der Waals surface area contributed by atoms with Crippen LogP contribution in [0.4, 0.5) is 0 Å². The minimum absolute atomic E-state index is 0.00653. The monoisotopic (exact) mass is 203 g/mol. The van der Waals surface area contributed by atoms with Crippen molar-refractivity contribution in [2.24, 2.45) is 5.73 Å². The molecule has 0 fully saturated rings. The number of oxazole rings is 1. The summed E-state index contributed by atoms with van der Waals surface area (Å²) in [4.78, 5) is 4.34. The molecule has 0 saturated carbocycles. The molecule has 1 aromatic carbocycles. The molecule has 15 heavy (non-hydrogen) atoms. The second-order valence-electron chi connectivity index (χ2n) is 3.77. The van der Waals surface area contributed by atoms with Gasteiger partial charge in [-0.25, -0.2) is 4.98 Å². The lowest BCUT2D eigenvalue weighted by atomic mass is 10.2. The average molecular weight is 203 g/mol. The van der Waals surface area contributed by atoms with Crippen molar-refractivity contribution >= 4 is 16.9 Å². The third kappa shape index (κ3) is 1.58. The number of para-hydroxylation sites is 1. The number of hydrogen-bond acceptors (Lipinski definition) is 3. The zero-order valence-electron chi connectivity index (χ0n) is 8.74. The van der Waals surface area contributed by atoms with Gasteiger partial charge in [-0.15, -0.1) is 0 Å². The second-order valence-corrected chi connectivity index (χ2v) is 3.77. The van der Waals surface area contributed by atoms with Crippen molar-refractivity contribution in [2.75, 3.05) is 0 Å². The van der Waals surface area contributed by atoms with E-state index in [2.05, 4.69) is 4.98 Å². The summed E-state index contributed by atoms with van der Waals surface area (Å²) in [5, 5.41) is 7.42. The quantitative estimate of drug-likeness (QED) is 0.580. The molecule has 0 saturated heterocycles. The molecular weight excluding hydrogens is 190 g/mol. The first-order valence-electron chi connectivity index (χ1n) is 4.83. The van der Waals surface area contributed by atoms with Gasteiger partial charge in [0.15, 0.2) is 11.5 Å². The van der Waals surface area contributed by atoms with E-state index in [1.807, 2.05) is 26.0 Å². The van der Waals surface area contributed by atoms with Gasteiger partial charge in [0.1, 0.15) is 11.4 Å². The number of nitrogen functional groups attached to an aromatic ring is 1. The molecule has 0 aliphatic heterocycles. The molecule has 0 amide bonds. The fourth-order valence-corrected chi connectivity index (χ4v) is 1.43. The maximum atomic E-state index is 7.42. The second kappa shape index (κ2) is 3.38. The first-order valence-corrected chi connectivity index (χ1v) is 4.83. The number of amidine groups is 1. The highest BCUT2D eigenvalue weighted by atomic mass is 16.3. The van der Waals surface area contributed by atoms with Crippen molar-refractivity contribution in [2.45, 2.75) is 19.8 Å². The first kappa shape index (κ1) is 9.71. The predicted molar refractivity (Wildman–Crippen MR) is 59.1 cm³/mol. The zero-order valence-corrected chi connectivity index (χ0v) is 8.74. The summed E-state index contributed by atoms with van der Waals surface area (Å²) in [7, 11) is 0. The van der Waals surface area contributed by atoms with Crippen molar-refractivity contribution in [3.63, 3.8) is 0 Å². The van der Waals surface area contributed by atoms with Gasteiger partial charge in [0.25, 0.3) is 0 Å². The highest BCUT2D eigenvalue weighted by Crippen LogP contribution is 2.23. The Hall–Kier alpha value is -1.84. The Morgan fingerprint density at radius 2 is 2.20 bits per heavy atom. The Morgan fingerprint density at radius 1 is 1.47 bits per heavy atom. The number of rotatable bonds is 2. The van der Waals surface area contributed by atoms with Gasteiger partial charge < -0.3 is 10.2 Å². The minimum atomic E-state index is 0.00653.